The molecule has 0 radical (unpaired) electrons. The van der Waals surface area contributed by atoms with Crippen molar-refractivity contribution in [2.75, 3.05) is 32.7 Å². The first kappa shape index (κ1) is 15.1. The molecule has 102 valence electrons. The first-order chi connectivity index (χ1) is 8.80. The van der Waals surface area contributed by atoms with Gasteiger partial charge in [0.1, 0.15) is 11.5 Å². The number of benzene rings is 1. The molecule has 2 N–H and O–H groups in total. The lowest BCUT2D eigenvalue weighted by molar-refractivity contribution is 0.247. The monoisotopic (exact) mass is 272 g/mol. The van der Waals surface area contributed by atoms with Crippen LogP contribution in [0.3, 0.4) is 0 Å². The third kappa shape index (κ3) is 5.62. The highest BCUT2D eigenvalue weighted by Crippen LogP contribution is 2.18. The number of rotatable bonds is 9. The normalized spacial score (nSPS) is 12.2. The lowest BCUT2D eigenvalue weighted by atomic mass is 10.3. The Hall–Kier alpha value is -0.910. The van der Waals surface area contributed by atoms with E-state index in [1.807, 2.05) is 24.3 Å². The number of methoxy groups -OCH3 is 1. The van der Waals surface area contributed by atoms with Gasteiger partial charge < -0.3 is 19.7 Å². The van der Waals surface area contributed by atoms with Crippen LogP contribution in [0.15, 0.2) is 24.3 Å². The summed E-state index contributed by atoms with van der Waals surface area (Å²) in [4.78, 5) is 0. The fourth-order valence-electron chi connectivity index (χ4n) is 1.42. The van der Waals surface area contributed by atoms with Crippen LogP contribution in [0.1, 0.15) is 6.42 Å². The van der Waals surface area contributed by atoms with Crippen molar-refractivity contribution in [1.29, 1.82) is 0 Å². The highest BCUT2D eigenvalue weighted by molar-refractivity contribution is 7.99. The van der Waals surface area contributed by atoms with Gasteiger partial charge in [-0.2, -0.15) is 11.8 Å². The van der Waals surface area contributed by atoms with Crippen LogP contribution in [0.5, 0.6) is 11.5 Å². The van der Waals surface area contributed by atoms with Gasteiger partial charge in [0, 0.05) is 17.6 Å². The van der Waals surface area contributed by atoms with Crippen LogP contribution in [0.4, 0.5) is 0 Å². The SMILES string of the molecule is COc1ccc(OCCS[C@@H](CO)CCO)cc1. The zero-order chi connectivity index (χ0) is 13.2. The minimum absolute atomic E-state index is 0.0910. The third-order valence-corrected chi connectivity index (χ3v) is 3.68. The molecular weight excluding hydrogens is 252 g/mol. The standard InChI is InChI=1S/C13H20O4S/c1-16-11-2-4-12(5-3-11)17-8-9-18-13(10-15)6-7-14/h2-5,13-15H,6-10H2,1H3/t13-/m1/s1. The molecule has 0 amide bonds. The van der Waals surface area contributed by atoms with Gasteiger partial charge in [0.05, 0.1) is 20.3 Å². The summed E-state index contributed by atoms with van der Waals surface area (Å²) < 4.78 is 10.6. The van der Waals surface area contributed by atoms with Crippen molar-refractivity contribution < 1.29 is 19.7 Å². The van der Waals surface area contributed by atoms with Gasteiger partial charge in [-0.3, -0.25) is 0 Å². The topological polar surface area (TPSA) is 58.9 Å². The number of hydrogen-bond acceptors (Lipinski definition) is 5. The molecule has 1 aromatic rings. The van der Waals surface area contributed by atoms with E-state index in [0.29, 0.717) is 13.0 Å². The van der Waals surface area contributed by atoms with Crippen LogP contribution in [-0.2, 0) is 0 Å². The number of aliphatic hydroxyl groups is 2. The molecule has 0 aromatic heterocycles. The zero-order valence-electron chi connectivity index (χ0n) is 10.5. The van der Waals surface area contributed by atoms with Crippen molar-refractivity contribution in [1.82, 2.24) is 0 Å². The molecule has 0 saturated heterocycles. The summed E-state index contributed by atoms with van der Waals surface area (Å²) in [6, 6.07) is 7.43. The molecule has 0 bridgehead atoms. The van der Waals surface area contributed by atoms with Gasteiger partial charge >= 0.3 is 0 Å². The first-order valence-electron chi connectivity index (χ1n) is 5.90. The number of hydrogen-bond donors (Lipinski definition) is 2. The predicted molar refractivity (Wildman–Crippen MR) is 73.5 cm³/mol. The molecule has 0 saturated carbocycles. The molecule has 18 heavy (non-hydrogen) atoms. The second-order valence-electron chi connectivity index (χ2n) is 3.71. The summed E-state index contributed by atoms with van der Waals surface area (Å²) in [5.74, 6) is 2.40. The molecule has 4 nitrogen and oxygen atoms in total. The van der Waals surface area contributed by atoms with E-state index in [1.165, 1.54) is 0 Å². The van der Waals surface area contributed by atoms with Crippen molar-refractivity contribution in [3.63, 3.8) is 0 Å². The van der Waals surface area contributed by atoms with Gasteiger partial charge in [0.2, 0.25) is 0 Å². The van der Waals surface area contributed by atoms with Crippen LogP contribution in [-0.4, -0.2) is 48.1 Å². The Morgan fingerprint density at radius 3 is 2.39 bits per heavy atom. The fraction of sp³-hybridized carbons (Fsp3) is 0.538. The summed E-state index contributed by atoms with van der Waals surface area (Å²) in [5, 5.41) is 17.9. The van der Waals surface area contributed by atoms with Crippen LogP contribution in [0, 0.1) is 0 Å². The van der Waals surface area contributed by atoms with E-state index in [9.17, 15) is 0 Å². The Balaban J connectivity index is 2.20. The van der Waals surface area contributed by atoms with Crippen molar-refractivity contribution in [2.45, 2.75) is 11.7 Å². The van der Waals surface area contributed by atoms with Crippen LogP contribution < -0.4 is 9.47 Å². The average molecular weight is 272 g/mol. The fourth-order valence-corrected chi connectivity index (χ4v) is 2.31. The van der Waals surface area contributed by atoms with Gasteiger partial charge in [0.25, 0.3) is 0 Å². The smallest absolute Gasteiger partial charge is 0.119 e. The van der Waals surface area contributed by atoms with Gasteiger partial charge in [-0.25, -0.2) is 0 Å². The second kappa shape index (κ2) is 9.08. The molecule has 5 heteroatoms. The lowest BCUT2D eigenvalue weighted by Gasteiger charge is -2.12. The minimum Gasteiger partial charge on any atom is -0.497 e. The van der Waals surface area contributed by atoms with Gasteiger partial charge in [-0.05, 0) is 30.7 Å². The minimum atomic E-state index is 0.0910. The molecular formula is C13H20O4S. The second-order valence-corrected chi connectivity index (χ2v) is 5.12. The number of thioether (sulfide) groups is 1. The summed E-state index contributed by atoms with van der Waals surface area (Å²) in [6.45, 7) is 0.782. The molecule has 1 rings (SSSR count). The van der Waals surface area contributed by atoms with Crippen molar-refractivity contribution >= 4 is 11.8 Å². The Labute approximate surface area is 112 Å². The van der Waals surface area contributed by atoms with Gasteiger partial charge in [-0.1, -0.05) is 0 Å². The molecule has 0 aliphatic heterocycles. The van der Waals surface area contributed by atoms with Crippen molar-refractivity contribution in [3.8, 4) is 11.5 Å². The maximum atomic E-state index is 9.04. The average Bonchev–Trinajstić information content (AvgIpc) is 2.43. The highest BCUT2D eigenvalue weighted by atomic mass is 32.2. The van der Waals surface area contributed by atoms with E-state index >= 15 is 0 Å². The van der Waals surface area contributed by atoms with E-state index in [4.69, 9.17) is 19.7 Å². The van der Waals surface area contributed by atoms with Crippen LogP contribution in [0.25, 0.3) is 0 Å². The summed E-state index contributed by atoms with van der Waals surface area (Å²) in [7, 11) is 1.63. The quantitative estimate of drug-likeness (QED) is 0.668. The number of ether oxygens (including phenoxy) is 2. The van der Waals surface area contributed by atoms with E-state index in [1.54, 1.807) is 18.9 Å². The Morgan fingerprint density at radius 2 is 1.83 bits per heavy atom. The van der Waals surface area contributed by atoms with E-state index in [-0.39, 0.29) is 18.5 Å². The maximum absolute atomic E-state index is 9.04. The summed E-state index contributed by atoms with van der Waals surface area (Å²) >= 11 is 1.61. The Morgan fingerprint density at radius 1 is 1.17 bits per heavy atom. The molecule has 0 spiro atoms. The summed E-state index contributed by atoms with van der Waals surface area (Å²) in [6.07, 6.45) is 0.615. The van der Waals surface area contributed by atoms with Crippen molar-refractivity contribution in [2.24, 2.45) is 0 Å². The maximum Gasteiger partial charge on any atom is 0.119 e. The van der Waals surface area contributed by atoms with E-state index < -0.39 is 0 Å². The van der Waals surface area contributed by atoms with Crippen LogP contribution >= 0.6 is 11.8 Å². The van der Waals surface area contributed by atoms with E-state index in [0.717, 1.165) is 17.3 Å². The summed E-state index contributed by atoms with van der Waals surface area (Å²) in [5.41, 5.74) is 0. The molecule has 1 aromatic carbocycles. The lowest BCUT2D eigenvalue weighted by Crippen LogP contribution is -2.13. The van der Waals surface area contributed by atoms with Gasteiger partial charge in [-0.15, -0.1) is 0 Å². The third-order valence-electron chi connectivity index (χ3n) is 2.42. The predicted octanol–water partition coefficient (Wildman–Crippen LogP) is 1.55. The number of aliphatic hydroxyl groups excluding tert-OH is 2. The molecule has 0 fully saturated rings. The largest absolute Gasteiger partial charge is 0.497 e. The van der Waals surface area contributed by atoms with Crippen molar-refractivity contribution in [3.05, 3.63) is 24.3 Å². The molecule has 0 heterocycles. The first-order valence-corrected chi connectivity index (χ1v) is 6.95. The zero-order valence-corrected chi connectivity index (χ0v) is 11.4. The molecule has 0 aliphatic carbocycles. The van der Waals surface area contributed by atoms with Gasteiger partial charge in [0.15, 0.2) is 0 Å². The Kier molecular flexibility index (Phi) is 7.64. The molecule has 1 atom stereocenters. The Bertz CT molecular complexity index is 315. The molecule has 0 aliphatic rings. The van der Waals surface area contributed by atoms with Crippen LogP contribution in [0.2, 0.25) is 0 Å². The van der Waals surface area contributed by atoms with E-state index in [2.05, 4.69) is 0 Å². The highest BCUT2D eigenvalue weighted by Gasteiger charge is 2.06. The molecule has 0 unspecified atom stereocenters.